The molecule has 0 aliphatic heterocycles. The summed E-state index contributed by atoms with van der Waals surface area (Å²) < 4.78 is 11.2. The lowest BCUT2D eigenvalue weighted by molar-refractivity contribution is -0.118. The van der Waals surface area contributed by atoms with Crippen LogP contribution >= 0.6 is 0 Å². The van der Waals surface area contributed by atoms with E-state index in [0.29, 0.717) is 19.4 Å². The molecule has 96 valence electrons. The molecule has 0 saturated heterocycles. The minimum atomic E-state index is 0.217. The standard InChI is InChI=1S/C15H18O3/c1-3-6-12(16)10-13-9-11-7-5-8-14(17-4-2)15(11)18-13/h5,7-9H,3-4,6,10H2,1-2H3. The number of para-hydroxylation sites is 1. The van der Waals surface area contributed by atoms with E-state index < -0.39 is 0 Å². The third-order valence-corrected chi connectivity index (χ3v) is 2.76. The van der Waals surface area contributed by atoms with Crippen LogP contribution in [-0.2, 0) is 11.2 Å². The number of Topliss-reactive ketones (excluding diaryl/α,β-unsaturated/α-hetero) is 1. The maximum absolute atomic E-state index is 11.6. The third kappa shape index (κ3) is 2.73. The zero-order chi connectivity index (χ0) is 13.0. The van der Waals surface area contributed by atoms with Gasteiger partial charge in [-0.3, -0.25) is 4.79 Å². The van der Waals surface area contributed by atoms with Gasteiger partial charge in [-0.1, -0.05) is 19.1 Å². The average molecular weight is 246 g/mol. The first-order valence-electron chi connectivity index (χ1n) is 6.40. The van der Waals surface area contributed by atoms with Crippen LogP contribution < -0.4 is 4.74 Å². The van der Waals surface area contributed by atoms with Crippen molar-refractivity contribution >= 4 is 16.8 Å². The molecule has 3 nitrogen and oxygen atoms in total. The molecule has 0 fully saturated rings. The van der Waals surface area contributed by atoms with Gasteiger partial charge in [-0.15, -0.1) is 0 Å². The van der Waals surface area contributed by atoms with E-state index >= 15 is 0 Å². The largest absolute Gasteiger partial charge is 0.490 e. The Morgan fingerprint density at radius 1 is 1.33 bits per heavy atom. The topological polar surface area (TPSA) is 39.4 Å². The molecule has 0 aliphatic carbocycles. The molecule has 0 N–H and O–H groups in total. The van der Waals surface area contributed by atoms with E-state index in [2.05, 4.69) is 0 Å². The lowest BCUT2D eigenvalue weighted by Crippen LogP contribution is -2.00. The fraction of sp³-hybridized carbons (Fsp3) is 0.400. The number of furan rings is 1. The van der Waals surface area contributed by atoms with Gasteiger partial charge < -0.3 is 9.15 Å². The number of ketones is 1. The third-order valence-electron chi connectivity index (χ3n) is 2.76. The number of ether oxygens (including phenoxy) is 1. The highest BCUT2D eigenvalue weighted by Gasteiger charge is 2.11. The summed E-state index contributed by atoms with van der Waals surface area (Å²) in [6, 6.07) is 7.70. The van der Waals surface area contributed by atoms with Crippen molar-refractivity contribution < 1.29 is 13.9 Å². The first-order valence-corrected chi connectivity index (χ1v) is 6.40. The van der Waals surface area contributed by atoms with Gasteiger partial charge in [0.05, 0.1) is 13.0 Å². The molecule has 0 saturated carbocycles. The summed E-state index contributed by atoms with van der Waals surface area (Å²) in [6.45, 7) is 4.54. The molecule has 0 amide bonds. The molecular weight excluding hydrogens is 228 g/mol. The number of carbonyl (C=O) groups excluding carboxylic acids is 1. The summed E-state index contributed by atoms with van der Waals surface area (Å²) in [6.07, 6.45) is 1.85. The molecule has 2 rings (SSSR count). The molecule has 1 heterocycles. The normalized spacial score (nSPS) is 10.8. The predicted molar refractivity (Wildman–Crippen MR) is 71.0 cm³/mol. The number of hydrogen-bond donors (Lipinski definition) is 0. The zero-order valence-electron chi connectivity index (χ0n) is 10.9. The second kappa shape index (κ2) is 5.71. The maximum atomic E-state index is 11.6. The van der Waals surface area contributed by atoms with Gasteiger partial charge in [0.25, 0.3) is 0 Å². The van der Waals surface area contributed by atoms with Gasteiger partial charge in [-0.05, 0) is 25.5 Å². The Labute approximate surface area is 107 Å². The predicted octanol–water partition coefficient (Wildman–Crippen LogP) is 3.74. The average Bonchev–Trinajstić information content (AvgIpc) is 2.73. The molecule has 0 unspecified atom stereocenters. The van der Waals surface area contributed by atoms with E-state index in [4.69, 9.17) is 9.15 Å². The Balaban J connectivity index is 2.26. The lowest BCUT2D eigenvalue weighted by Gasteiger charge is -2.02. The number of benzene rings is 1. The van der Waals surface area contributed by atoms with E-state index in [1.165, 1.54) is 0 Å². The van der Waals surface area contributed by atoms with Crippen molar-refractivity contribution in [3.63, 3.8) is 0 Å². The number of rotatable bonds is 6. The second-order valence-corrected chi connectivity index (χ2v) is 4.29. The van der Waals surface area contributed by atoms with Gasteiger partial charge >= 0.3 is 0 Å². The smallest absolute Gasteiger partial charge is 0.176 e. The number of fused-ring (bicyclic) bond motifs is 1. The van der Waals surface area contributed by atoms with Crippen molar-refractivity contribution in [3.05, 3.63) is 30.0 Å². The van der Waals surface area contributed by atoms with Crippen LogP contribution in [-0.4, -0.2) is 12.4 Å². The van der Waals surface area contributed by atoms with Crippen molar-refractivity contribution in [2.45, 2.75) is 33.1 Å². The van der Waals surface area contributed by atoms with Crippen LogP contribution in [0, 0.1) is 0 Å². The van der Waals surface area contributed by atoms with Gasteiger partial charge in [0, 0.05) is 11.8 Å². The monoisotopic (exact) mass is 246 g/mol. The van der Waals surface area contributed by atoms with Crippen molar-refractivity contribution in [1.82, 2.24) is 0 Å². The van der Waals surface area contributed by atoms with Crippen molar-refractivity contribution in [2.75, 3.05) is 6.61 Å². The summed E-state index contributed by atoms with van der Waals surface area (Å²) in [5.41, 5.74) is 0.735. The van der Waals surface area contributed by atoms with Crippen LogP contribution in [0.1, 0.15) is 32.4 Å². The molecule has 0 radical (unpaired) electrons. The molecule has 2 aromatic rings. The summed E-state index contributed by atoms with van der Waals surface area (Å²) in [5.74, 6) is 1.68. The molecule has 1 aromatic heterocycles. The van der Waals surface area contributed by atoms with Crippen molar-refractivity contribution in [3.8, 4) is 5.75 Å². The van der Waals surface area contributed by atoms with Crippen LogP contribution in [0.5, 0.6) is 5.75 Å². The van der Waals surface area contributed by atoms with E-state index in [1.54, 1.807) is 0 Å². The molecular formula is C15H18O3. The molecule has 0 atom stereocenters. The van der Waals surface area contributed by atoms with E-state index in [0.717, 1.165) is 28.9 Å². The van der Waals surface area contributed by atoms with Gasteiger partial charge in [-0.2, -0.15) is 0 Å². The molecule has 18 heavy (non-hydrogen) atoms. The van der Waals surface area contributed by atoms with Crippen LogP contribution in [0.15, 0.2) is 28.7 Å². The van der Waals surface area contributed by atoms with E-state index in [9.17, 15) is 4.79 Å². The van der Waals surface area contributed by atoms with Gasteiger partial charge in [0.15, 0.2) is 11.3 Å². The Kier molecular flexibility index (Phi) is 4.03. The first-order chi connectivity index (χ1) is 8.74. The fourth-order valence-electron chi connectivity index (χ4n) is 2.01. The fourth-order valence-corrected chi connectivity index (χ4v) is 2.01. The Morgan fingerprint density at radius 2 is 2.17 bits per heavy atom. The highest BCUT2D eigenvalue weighted by atomic mass is 16.5. The summed E-state index contributed by atoms with van der Waals surface area (Å²) >= 11 is 0. The molecule has 1 aromatic carbocycles. The molecule has 3 heteroatoms. The molecule has 0 bridgehead atoms. The van der Waals surface area contributed by atoms with E-state index in [-0.39, 0.29) is 5.78 Å². The molecule has 0 aliphatic rings. The highest BCUT2D eigenvalue weighted by molar-refractivity contribution is 5.86. The quantitative estimate of drug-likeness (QED) is 0.779. The van der Waals surface area contributed by atoms with Crippen molar-refractivity contribution in [1.29, 1.82) is 0 Å². The summed E-state index contributed by atoms with van der Waals surface area (Å²) in [7, 11) is 0. The second-order valence-electron chi connectivity index (χ2n) is 4.29. The number of hydrogen-bond acceptors (Lipinski definition) is 3. The van der Waals surface area contributed by atoms with Crippen LogP contribution in [0.25, 0.3) is 11.0 Å². The minimum absolute atomic E-state index is 0.217. The SMILES string of the molecule is CCCC(=O)Cc1cc2cccc(OCC)c2o1. The van der Waals surface area contributed by atoms with Crippen molar-refractivity contribution in [2.24, 2.45) is 0 Å². The Bertz CT molecular complexity index is 540. The van der Waals surface area contributed by atoms with Gasteiger partial charge in [0.2, 0.25) is 0 Å². The van der Waals surface area contributed by atoms with Crippen LogP contribution in [0.3, 0.4) is 0 Å². The van der Waals surface area contributed by atoms with Gasteiger partial charge in [0.1, 0.15) is 11.5 Å². The Hall–Kier alpha value is -1.77. The minimum Gasteiger partial charge on any atom is -0.490 e. The first kappa shape index (κ1) is 12.7. The summed E-state index contributed by atoms with van der Waals surface area (Å²) in [5, 5.41) is 0.986. The molecule has 0 spiro atoms. The Morgan fingerprint density at radius 3 is 2.89 bits per heavy atom. The lowest BCUT2D eigenvalue weighted by atomic mass is 10.1. The maximum Gasteiger partial charge on any atom is 0.176 e. The highest BCUT2D eigenvalue weighted by Crippen LogP contribution is 2.29. The van der Waals surface area contributed by atoms with Crippen LogP contribution in [0.4, 0.5) is 0 Å². The van der Waals surface area contributed by atoms with E-state index in [1.807, 2.05) is 38.1 Å². The van der Waals surface area contributed by atoms with Crippen LogP contribution in [0.2, 0.25) is 0 Å². The van der Waals surface area contributed by atoms with Gasteiger partial charge in [-0.25, -0.2) is 0 Å². The zero-order valence-corrected chi connectivity index (χ0v) is 10.9. The number of carbonyl (C=O) groups is 1. The summed E-state index contributed by atoms with van der Waals surface area (Å²) in [4.78, 5) is 11.6.